The summed E-state index contributed by atoms with van der Waals surface area (Å²) in [4.78, 5) is 2.39. The first kappa shape index (κ1) is 18.5. The van der Waals surface area contributed by atoms with Crippen LogP contribution in [0.2, 0.25) is 5.02 Å². The van der Waals surface area contributed by atoms with E-state index in [-0.39, 0.29) is 6.10 Å². The van der Waals surface area contributed by atoms with Crippen molar-refractivity contribution in [3.8, 4) is 11.5 Å². The van der Waals surface area contributed by atoms with E-state index in [4.69, 9.17) is 25.8 Å². The maximum absolute atomic E-state index is 6.47. The zero-order valence-corrected chi connectivity index (χ0v) is 16.5. The first-order valence-corrected chi connectivity index (χ1v) is 9.73. The first-order valence-electron chi connectivity index (χ1n) is 9.36. The molecule has 2 aromatic rings. The molecule has 1 aromatic heterocycles. The smallest absolute Gasteiger partial charge is 0.162 e. The Balaban J connectivity index is 1.48. The molecule has 1 unspecified atom stereocenters. The standard InChI is InChI=1S/C19H25ClN4O3/c1-25-16-10-13(14(20)11-17(16)26-2)12-23-6-5-18-21-22-19(24(18)8-7-23)15-4-3-9-27-15/h10-11,15H,3-9,12H2,1-2H3. The lowest BCUT2D eigenvalue weighted by atomic mass is 10.1. The second kappa shape index (κ2) is 8.04. The molecule has 4 rings (SSSR count). The van der Waals surface area contributed by atoms with Crippen LogP contribution in [0.15, 0.2) is 12.1 Å². The molecule has 0 amide bonds. The zero-order chi connectivity index (χ0) is 18.8. The fourth-order valence-corrected chi connectivity index (χ4v) is 4.04. The number of nitrogens with zero attached hydrogens (tertiary/aromatic N) is 4. The fraction of sp³-hybridized carbons (Fsp3) is 0.579. The van der Waals surface area contributed by atoms with Gasteiger partial charge in [0.25, 0.3) is 0 Å². The third kappa shape index (κ3) is 3.77. The van der Waals surface area contributed by atoms with Crippen molar-refractivity contribution in [2.24, 2.45) is 0 Å². The number of rotatable bonds is 5. The summed E-state index contributed by atoms with van der Waals surface area (Å²) in [5.41, 5.74) is 1.03. The van der Waals surface area contributed by atoms with Gasteiger partial charge in [0, 0.05) is 50.3 Å². The monoisotopic (exact) mass is 392 g/mol. The van der Waals surface area contributed by atoms with Gasteiger partial charge in [-0.1, -0.05) is 11.6 Å². The Hall–Kier alpha value is -1.83. The summed E-state index contributed by atoms with van der Waals surface area (Å²) in [6.07, 6.45) is 3.09. The van der Waals surface area contributed by atoms with Gasteiger partial charge in [-0.05, 0) is 24.5 Å². The molecule has 7 nitrogen and oxygen atoms in total. The maximum Gasteiger partial charge on any atom is 0.162 e. The van der Waals surface area contributed by atoms with Crippen molar-refractivity contribution in [1.29, 1.82) is 0 Å². The first-order chi connectivity index (χ1) is 13.2. The Bertz CT molecular complexity index is 804. The molecule has 0 spiro atoms. The van der Waals surface area contributed by atoms with Gasteiger partial charge in [0.15, 0.2) is 17.3 Å². The van der Waals surface area contributed by atoms with E-state index in [2.05, 4.69) is 19.7 Å². The summed E-state index contributed by atoms with van der Waals surface area (Å²) >= 11 is 6.47. The van der Waals surface area contributed by atoms with E-state index >= 15 is 0 Å². The molecule has 1 aromatic carbocycles. The van der Waals surface area contributed by atoms with Crippen molar-refractivity contribution >= 4 is 11.6 Å². The number of aromatic nitrogens is 3. The largest absolute Gasteiger partial charge is 0.493 e. The maximum atomic E-state index is 6.47. The average Bonchev–Trinajstić information content (AvgIpc) is 3.30. The Morgan fingerprint density at radius 1 is 1.15 bits per heavy atom. The van der Waals surface area contributed by atoms with Crippen molar-refractivity contribution in [2.45, 2.75) is 38.5 Å². The summed E-state index contributed by atoms with van der Waals surface area (Å²) in [7, 11) is 3.25. The summed E-state index contributed by atoms with van der Waals surface area (Å²) in [5, 5.41) is 9.51. The van der Waals surface area contributed by atoms with Crippen molar-refractivity contribution in [3.63, 3.8) is 0 Å². The van der Waals surface area contributed by atoms with Gasteiger partial charge in [0.1, 0.15) is 11.9 Å². The summed E-state index contributed by atoms with van der Waals surface area (Å²) in [6, 6.07) is 3.78. The van der Waals surface area contributed by atoms with Crippen LogP contribution >= 0.6 is 11.6 Å². The van der Waals surface area contributed by atoms with Gasteiger partial charge in [-0.2, -0.15) is 0 Å². The highest BCUT2D eigenvalue weighted by Crippen LogP contribution is 2.34. The molecule has 1 atom stereocenters. The molecule has 0 aliphatic carbocycles. The molecule has 0 bridgehead atoms. The zero-order valence-electron chi connectivity index (χ0n) is 15.8. The van der Waals surface area contributed by atoms with Crippen LogP contribution in [0.4, 0.5) is 0 Å². The number of hydrogen-bond acceptors (Lipinski definition) is 6. The average molecular weight is 393 g/mol. The predicted molar refractivity (Wildman–Crippen MR) is 101 cm³/mol. The third-order valence-corrected chi connectivity index (χ3v) is 5.66. The van der Waals surface area contributed by atoms with Crippen LogP contribution in [0.1, 0.15) is 36.2 Å². The normalized spacial score (nSPS) is 20.3. The SMILES string of the molecule is COc1cc(Cl)c(CN2CCc3nnc(C4CCCO4)n3CC2)cc1OC. The lowest BCUT2D eigenvalue weighted by molar-refractivity contribution is 0.101. The summed E-state index contributed by atoms with van der Waals surface area (Å²) in [5.74, 6) is 3.37. The van der Waals surface area contributed by atoms with E-state index in [0.717, 1.165) is 69.3 Å². The number of fused-ring (bicyclic) bond motifs is 1. The van der Waals surface area contributed by atoms with Crippen LogP contribution < -0.4 is 9.47 Å². The molecule has 27 heavy (non-hydrogen) atoms. The molecular weight excluding hydrogens is 368 g/mol. The Labute approximate surface area is 164 Å². The second-order valence-corrected chi connectivity index (χ2v) is 7.36. The number of methoxy groups -OCH3 is 2. The minimum Gasteiger partial charge on any atom is -0.493 e. The Kier molecular flexibility index (Phi) is 5.52. The summed E-state index contributed by atoms with van der Waals surface area (Å²) < 4.78 is 18.8. The van der Waals surface area contributed by atoms with Crippen molar-refractivity contribution in [3.05, 3.63) is 34.4 Å². The molecule has 2 aliphatic rings. The molecule has 146 valence electrons. The number of benzene rings is 1. The van der Waals surface area contributed by atoms with Gasteiger partial charge in [-0.25, -0.2) is 0 Å². The van der Waals surface area contributed by atoms with Crippen LogP contribution in [0.5, 0.6) is 11.5 Å². The molecule has 0 saturated carbocycles. The molecule has 3 heterocycles. The van der Waals surface area contributed by atoms with E-state index in [0.29, 0.717) is 16.5 Å². The van der Waals surface area contributed by atoms with E-state index in [9.17, 15) is 0 Å². The van der Waals surface area contributed by atoms with Gasteiger partial charge in [0.05, 0.1) is 14.2 Å². The number of hydrogen-bond donors (Lipinski definition) is 0. The topological polar surface area (TPSA) is 61.6 Å². The quantitative estimate of drug-likeness (QED) is 0.779. The minimum atomic E-state index is 0.0955. The molecule has 1 saturated heterocycles. The molecule has 2 aliphatic heterocycles. The lowest BCUT2D eigenvalue weighted by Crippen LogP contribution is -2.27. The van der Waals surface area contributed by atoms with Gasteiger partial charge in [-0.3, -0.25) is 4.90 Å². The van der Waals surface area contributed by atoms with Gasteiger partial charge in [0.2, 0.25) is 0 Å². The van der Waals surface area contributed by atoms with Crippen LogP contribution in [-0.2, 0) is 24.2 Å². The van der Waals surface area contributed by atoms with E-state index in [1.165, 1.54) is 0 Å². The van der Waals surface area contributed by atoms with E-state index < -0.39 is 0 Å². The van der Waals surface area contributed by atoms with Crippen molar-refractivity contribution in [1.82, 2.24) is 19.7 Å². The molecule has 8 heteroatoms. The number of ether oxygens (including phenoxy) is 3. The molecule has 1 fully saturated rings. The Morgan fingerprint density at radius 2 is 1.96 bits per heavy atom. The Morgan fingerprint density at radius 3 is 2.70 bits per heavy atom. The van der Waals surface area contributed by atoms with Crippen molar-refractivity contribution < 1.29 is 14.2 Å². The highest BCUT2D eigenvalue weighted by Gasteiger charge is 2.27. The van der Waals surface area contributed by atoms with E-state index in [1.807, 2.05) is 12.1 Å². The minimum absolute atomic E-state index is 0.0955. The van der Waals surface area contributed by atoms with Crippen LogP contribution in [0.25, 0.3) is 0 Å². The van der Waals surface area contributed by atoms with Crippen LogP contribution in [0, 0.1) is 0 Å². The molecule has 0 N–H and O–H groups in total. The van der Waals surface area contributed by atoms with E-state index in [1.54, 1.807) is 14.2 Å². The van der Waals surface area contributed by atoms with Crippen LogP contribution in [0.3, 0.4) is 0 Å². The third-order valence-electron chi connectivity index (χ3n) is 5.31. The lowest BCUT2D eigenvalue weighted by Gasteiger charge is -2.21. The highest BCUT2D eigenvalue weighted by molar-refractivity contribution is 6.31. The van der Waals surface area contributed by atoms with Gasteiger partial charge >= 0.3 is 0 Å². The van der Waals surface area contributed by atoms with Gasteiger partial charge < -0.3 is 18.8 Å². The number of halogens is 1. The fourth-order valence-electron chi connectivity index (χ4n) is 3.83. The van der Waals surface area contributed by atoms with Gasteiger partial charge in [-0.15, -0.1) is 10.2 Å². The molecule has 0 radical (unpaired) electrons. The van der Waals surface area contributed by atoms with Crippen molar-refractivity contribution in [2.75, 3.05) is 33.9 Å². The highest BCUT2D eigenvalue weighted by atomic mass is 35.5. The molecular formula is C19H25ClN4O3. The predicted octanol–water partition coefficient (Wildman–Crippen LogP) is 2.86. The summed E-state index contributed by atoms with van der Waals surface area (Å²) in [6.45, 7) is 4.26. The van der Waals surface area contributed by atoms with Crippen LogP contribution in [-0.4, -0.2) is 53.6 Å². The second-order valence-electron chi connectivity index (χ2n) is 6.95.